The lowest BCUT2D eigenvalue weighted by molar-refractivity contribution is -0.142. The fourth-order valence-corrected chi connectivity index (χ4v) is 3.89. The van der Waals surface area contributed by atoms with Gasteiger partial charge in [0.25, 0.3) is 5.91 Å². The highest BCUT2D eigenvalue weighted by molar-refractivity contribution is 6.08. The molecule has 0 fully saturated rings. The summed E-state index contributed by atoms with van der Waals surface area (Å²) >= 11 is 0. The third kappa shape index (κ3) is 5.54. The van der Waals surface area contributed by atoms with Gasteiger partial charge in [0.05, 0.1) is 37.1 Å². The number of ether oxygens (including phenoxy) is 2. The predicted octanol–water partition coefficient (Wildman–Crippen LogP) is 5.47. The van der Waals surface area contributed by atoms with Crippen LogP contribution in [0.2, 0.25) is 0 Å². The lowest BCUT2D eigenvalue weighted by Crippen LogP contribution is -2.15. The Kier molecular flexibility index (Phi) is 6.92. The van der Waals surface area contributed by atoms with E-state index in [9.17, 15) is 18.0 Å². The monoisotopic (exact) mass is 536 g/mol. The summed E-state index contributed by atoms with van der Waals surface area (Å²) in [6.07, 6.45) is 0.190. The van der Waals surface area contributed by atoms with Gasteiger partial charge in [0, 0.05) is 5.56 Å². The molecule has 5 aromatic rings. The molecular formula is C27H23F3N6O3. The van der Waals surface area contributed by atoms with Crippen molar-refractivity contribution in [3.05, 3.63) is 90.0 Å². The van der Waals surface area contributed by atoms with Gasteiger partial charge in [-0.1, -0.05) is 19.1 Å². The highest BCUT2D eigenvalue weighted by atomic mass is 19.4. The van der Waals surface area contributed by atoms with Gasteiger partial charge in [0.1, 0.15) is 17.1 Å². The maximum absolute atomic E-state index is 13.9. The largest absolute Gasteiger partial charge is 0.497 e. The number of carbonyl (C=O) groups is 1. The minimum absolute atomic E-state index is 0.0314. The highest BCUT2D eigenvalue weighted by Crippen LogP contribution is 2.33. The zero-order valence-corrected chi connectivity index (χ0v) is 20.9. The van der Waals surface area contributed by atoms with E-state index in [0.717, 1.165) is 18.7 Å². The van der Waals surface area contributed by atoms with Gasteiger partial charge < -0.3 is 14.8 Å². The van der Waals surface area contributed by atoms with Crippen LogP contribution >= 0.6 is 0 Å². The molecule has 200 valence electrons. The fourth-order valence-electron chi connectivity index (χ4n) is 3.89. The van der Waals surface area contributed by atoms with Crippen LogP contribution in [0.15, 0.2) is 73.2 Å². The zero-order valence-electron chi connectivity index (χ0n) is 20.9. The number of amides is 1. The molecule has 2 aromatic carbocycles. The van der Waals surface area contributed by atoms with E-state index in [1.54, 1.807) is 30.5 Å². The van der Waals surface area contributed by atoms with E-state index < -0.39 is 17.8 Å². The van der Waals surface area contributed by atoms with Crippen molar-refractivity contribution in [2.75, 3.05) is 12.4 Å². The van der Waals surface area contributed by atoms with E-state index >= 15 is 0 Å². The number of rotatable bonds is 8. The zero-order chi connectivity index (χ0) is 27.6. The van der Waals surface area contributed by atoms with Gasteiger partial charge in [0.2, 0.25) is 0 Å². The van der Waals surface area contributed by atoms with Gasteiger partial charge in [-0.25, -0.2) is 14.2 Å². The molecule has 0 atom stereocenters. The smallest absolute Gasteiger partial charge is 0.433 e. The molecule has 0 radical (unpaired) electrons. The molecule has 0 aliphatic heterocycles. The number of anilines is 1. The molecule has 39 heavy (non-hydrogen) atoms. The van der Waals surface area contributed by atoms with Crippen LogP contribution in [-0.2, 0) is 19.3 Å². The molecule has 0 spiro atoms. The molecule has 3 aromatic heterocycles. The van der Waals surface area contributed by atoms with Crippen molar-refractivity contribution in [1.82, 2.24) is 24.4 Å². The average molecular weight is 537 g/mol. The Hall–Kier alpha value is -4.87. The van der Waals surface area contributed by atoms with Gasteiger partial charge in [-0.15, -0.1) is 0 Å². The van der Waals surface area contributed by atoms with Crippen molar-refractivity contribution in [1.29, 1.82) is 0 Å². The molecule has 1 N–H and O–H groups in total. The first-order valence-electron chi connectivity index (χ1n) is 11.9. The van der Waals surface area contributed by atoms with Crippen LogP contribution in [-0.4, -0.2) is 37.4 Å². The quantitative estimate of drug-likeness (QED) is 0.283. The molecule has 1 amide bonds. The van der Waals surface area contributed by atoms with Crippen LogP contribution < -0.4 is 14.8 Å². The SMILES string of the molecule is CCc1ccc(OCn2cc(NC(=O)c3cnn4c(C(F)(F)F)cc(-c5ccc(OC)cc5)nc34)cn2)cc1. The second-order valence-corrected chi connectivity index (χ2v) is 8.54. The Bertz CT molecular complexity index is 1610. The molecule has 5 rings (SSSR count). The van der Waals surface area contributed by atoms with Crippen molar-refractivity contribution in [3.63, 3.8) is 0 Å². The first-order chi connectivity index (χ1) is 18.7. The summed E-state index contributed by atoms with van der Waals surface area (Å²) in [6, 6.07) is 14.9. The Morgan fingerprint density at radius 3 is 2.38 bits per heavy atom. The summed E-state index contributed by atoms with van der Waals surface area (Å²) < 4.78 is 54.6. The second kappa shape index (κ2) is 10.5. The third-order valence-electron chi connectivity index (χ3n) is 5.98. The Balaban J connectivity index is 1.38. The van der Waals surface area contributed by atoms with Gasteiger partial charge in [-0.05, 0) is 54.4 Å². The maximum Gasteiger partial charge on any atom is 0.433 e. The Labute approximate surface area is 220 Å². The molecule has 9 nitrogen and oxygen atoms in total. The van der Waals surface area contributed by atoms with E-state index in [2.05, 4.69) is 27.4 Å². The first-order valence-corrected chi connectivity index (χ1v) is 11.9. The molecule has 12 heteroatoms. The number of nitrogens with zero attached hydrogens (tertiary/aromatic N) is 5. The Morgan fingerprint density at radius 2 is 1.72 bits per heavy atom. The predicted molar refractivity (Wildman–Crippen MR) is 137 cm³/mol. The van der Waals surface area contributed by atoms with E-state index in [-0.39, 0.29) is 23.6 Å². The van der Waals surface area contributed by atoms with Crippen LogP contribution in [0.5, 0.6) is 11.5 Å². The Morgan fingerprint density at radius 1 is 1.00 bits per heavy atom. The lowest BCUT2D eigenvalue weighted by atomic mass is 10.1. The fraction of sp³-hybridized carbons (Fsp3) is 0.185. The number of aryl methyl sites for hydroxylation is 1. The van der Waals surface area contributed by atoms with Gasteiger partial charge in [-0.3, -0.25) is 4.79 Å². The summed E-state index contributed by atoms with van der Waals surface area (Å²) in [5.41, 5.74) is 0.536. The lowest BCUT2D eigenvalue weighted by Gasteiger charge is -2.12. The minimum Gasteiger partial charge on any atom is -0.497 e. The van der Waals surface area contributed by atoms with E-state index in [1.807, 2.05) is 24.3 Å². The molecular weight excluding hydrogens is 513 g/mol. The summed E-state index contributed by atoms with van der Waals surface area (Å²) in [4.78, 5) is 17.4. The number of halogens is 3. The number of hydrogen-bond donors (Lipinski definition) is 1. The number of aromatic nitrogens is 5. The minimum atomic E-state index is -4.74. The number of fused-ring (bicyclic) bond motifs is 1. The molecule has 0 saturated heterocycles. The summed E-state index contributed by atoms with van der Waals surface area (Å²) in [6.45, 7) is 2.16. The van der Waals surface area contributed by atoms with Crippen LogP contribution in [0.4, 0.5) is 18.9 Å². The molecule has 0 bridgehead atoms. The second-order valence-electron chi connectivity index (χ2n) is 8.54. The third-order valence-corrected chi connectivity index (χ3v) is 5.98. The van der Waals surface area contributed by atoms with Gasteiger partial charge in [-0.2, -0.15) is 23.4 Å². The number of benzene rings is 2. The molecule has 0 saturated carbocycles. The first kappa shape index (κ1) is 25.8. The number of alkyl halides is 3. The highest BCUT2D eigenvalue weighted by Gasteiger charge is 2.36. The molecule has 3 heterocycles. The topological polar surface area (TPSA) is 95.6 Å². The molecule has 0 aliphatic rings. The van der Waals surface area contributed by atoms with Crippen molar-refractivity contribution in [2.24, 2.45) is 0 Å². The van der Waals surface area contributed by atoms with Crippen LogP contribution in [0, 0.1) is 0 Å². The van der Waals surface area contributed by atoms with Crippen LogP contribution in [0.3, 0.4) is 0 Å². The van der Waals surface area contributed by atoms with E-state index in [0.29, 0.717) is 27.3 Å². The van der Waals surface area contributed by atoms with Crippen LogP contribution in [0.1, 0.15) is 28.5 Å². The van der Waals surface area contributed by atoms with E-state index in [4.69, 9.17) is 9.47 Å². The van der Waals surface area contributed by atoms with Crippen molar-refractivity contribution >= 4 is 17.2 Å². The normalized spacial score (nSPS) is 11.5. The number of carbonyl (C=O) groups excluding carboxylic acids is 1. The van der Waals surface area contributed by atoms with Gasteiger partial charge in [0.15, 0.2) is 18.1 Å². The summed E-state index contributed by atoms with van der Waals surface area (Å²) in [7, 11) is 1.49. The van der Waals surface area contributed by atoms with E-state index in [1.165, 1.54) is 23.6 Å². The van der Waals surface area contributed by atoms with Crippen molar-refractivity contribution in [2.45, 2.75) is 26.3 Å². The number of methoxy groups -OCH3 is 1. The van der Waals surface area contributed by atoms with Crippen molar-refractivity contribution < 1.29 is 27.4 Å². The van der Waals surface area contributed by atoms with Crippen LogP contribution in [0.25, 0.3) is 16.9 Å². The van der Waals surface area contributed by atoms with Crippen molar-refractivity contribution in [3.8, 4) is 22.8 Å². The average Bonchev–Trinajstić information content (AvgIpc) is 3.58. The summed E-state index contributed by atoms with van der Waals surface area (Å²) in [5, 5.41) is 10.6. The summed E-state index contributed by atoms with van der Waals surface area (Å²) in [5.74, 6) is 0.521. The molecule has 0 unspecified atom stereocenters. The van der Waals surface area contributed by atoms with Gasteiger partial charge >= 0.3 is 6.18 Å². The number of hydrogen-bond acceptors (Lipinski definition) is 6. The number of nitrogens with one attached hydrogen (secondary N) is 1. The standard InChI is InChI=1S/C27H23F3N6O3/c1-3-17-4-8-21(9-5-17)39-16-35-15-19(13-31-35)33-26(37)22-14-32-36-24(27(28,29)30)12-23(34-25(22)36)18-6-10-20(38-2)11-7-18/h4-15H,3,16H2,1-2H3,(H,33,37). The molecule has 0 aliphatic carbocycles. The maximum atomic E-state index is 13.9.